The standard InChI is InChI=1S/C29H30FN3O6/c1-29-17(23(33(2)3)25(36)21(26(29)37)28(32)38)10-13-9-16-20(18(34)11-14(12-31)22(16)30)24(35)19(13)27(29)39-15-7-5-4-6-8-15/h4-8,11,13,17,23,34,37H,9-10,12,31H2,1-3H3,(H2,32,38)/t13-,17-,23-,29-/m0/s1. The molecular weight excluding hydrogens is 505 g/mol. The number of halogens is 1. The Bertz CT molecular complexity index is 1480. The monoisotopic (exact) mass is 535 g/mol. The summed E-state index contributed by atoms with van der Waals surface area (Å²) in [4.78, 5) is 41.7. The number of primary amides is 1. The van der Waals surface area contributed by atoms with Gasteiger partial charge in [-0.3, -0.25) is 19.3 Å². The number of fused-ring (bicyclic) bond motifs is 3. The number of aliphatic hydroxyl groups is 1. The predicted molar refractivity (Wildman–Crippen MR) is 139 cm³/mol. The fraction of sp³-hybridized carbons (Fsp3) is 0.345. The van der Waals surface area contributed by atoms with Gasteiger partial charge in [-0.1, -0.05) is 18.2 Å². The number of carbonyl (C=O) groups excluding carboxylic acids is 3. The van der Waals surface area contributed by atoms with Gasteiger partial charge in [-0.25, -0.2) is 4.39 Å². The average Bonchev–Trinajstić information content (AvgIpc) is 2.88. The number of likely N-dealkylation sites (N-methyl/N-ethyl adjacent to an activating group) is 1. The van der Waals surface area contributed by atoms with E-state index in [-0.39, 0.29) is 47.4 Å². The summed E-state index contributed by atoms with van der Waals surface area (Å²) in [5, 5.41) is 22.3. The molecule has 3 aliphatic rings. The normalized spacial score (nSPS) is 26.4. The van der Waals surface area contributed by atoms with Crippen molar-refractivity contribution >= 4 is 17.5 Å². The van der Waals surface area contributed by atoms with Crippen molar-refractivity contribution in [3.05, 3.63) is 81.6 Å². The van der Waals surface area contributed by atoms with Crippen molar-refractivity contribution in [3.8, 4) is 11.5 Å². The molecule has 4 atom stereocenters. The molecule has 0 heterocycles. The van der Waals surface area contributed by atoms with E-state index >= 15 is 4.39 Å². The Balaban J connectivity index is 1.84. The van der Waals surface area contributed by atoms with E-state index < -0.39 is 63.7 Å². The van der Waals surface area contributed by atoms with E-state index in [1.54, 1.807) is 56.3 Å². The number of nitrogens with zero attached hydrogens (tertiary/aromatic N) is 1. The Morgan fingerprint density at radius 1 is 1.21 bits per heavy atom. The second-order valence-corrected chi connectivity index (χ2v) is 10.7. The highest BCUT2D eigenvalue weighted by Crippen LogP contribution is 2.58. The number of hydrogen-bond donors (Lipinski definition) is 4. The summed E-state index contributed by atoms with van der Waals surface area (Å²) < 4.78 is 21.8. The fourth-order valence-electron chi connectivity index (χ4n) is 6.54. The second-order valence-electron chi connectivity index (χ2n) is 10.7. The number of rotatable bonds is 5. The number of amides is 1. The molecule has 2 aromatic rings. The van der Waals surface area contributed by atoms with E-state index in [0.29, 0.717) is 5.75 Å². The topological polar surface area (TPSA) is 156 Å². The first kappa shape index (κ1) is 26.6. The van der Waals surface area contributed by atoms with E-state index in [9.17, 15) is 24.6 Å². The molecule has 10 heteroatoms. The molecule has 0 saturated heterocycles. The summed E-state index contributed by atoms with van der Waals surface area (Å²) in [7, 11) is 3.35. The Morgan fingerprint density at radius 3 is 2.46 bits per heavy atom. The van der Waals surface area contributed by atoms with Crippen molar-refractivity contribution in [2.24, 2.45) is 28.7 Å². The lowest BCUT2D eigenvalue weighted by molar-refractivity contribution is -0.129. The summed E-state index contributed by atoms with van der Waals surface area (Å²) in [6, 6.07) is 8.80. The maximum Gasteiger partial charge on any atom is 0.255 e. The lowest BCUT2D eigenvalue weighted by Gasteiger charge is -2.52. The molecule has 0 fully saturated rings. The van der Waals surface area contributed by atoms with Crippen LogP contribution in [0.1, 0.15) is 34.8 Å². The van der Waals surface area contributed by atoms with Crippen molar-refractivity contribution in [2.75, 3.05) is 14.1 Å². The minimum absolute atomic E-state index is 0.0314. The highest BCUT2D eigenvalue weighted by Gasteiger charge is 2.61. The summed E-state index contributed by atoms with van der Waals surface area (Å²) >= 11 is 0. The van der Waals surface area contributed by atoms with Gasteiger partial charge in [0.05, 0.1) is 17.0 Å². The SMILES string of the molecule is CN(C)[C@@H]1C(=O)C(C(N)=O)=C(O)[C@@]2(C)C(Oc3ccccc3)=C3C(=O)c4c(O)cc(CN)c(F)c4C[C@H]3C[C@@H]12. The summed E-state index contributed by atoms with van der Waals surface area (Å²) in [6.45, 7) is 1.45. The first-order chi connectivity index (χ1) is 18.4. The quantitative estimate of drug-likeness (QED) is 0.426. The number of aromatic hydroxyl groups is 1. The molecule has 0 aliphatic heterocycles. The van der Waals surface area contributed by atoms with Gasteiger partial charge in [0.25, 0.3) is 5.91 Å². The number of benzene rings is 2. The predicted octanol–water partition coefficient (Wildman–Crippen LogP) is 2.51. The van der Waals surface area contributed by atoms with Crippen LogP contribution >= 0.6 is 0 Å². The van der Waals surface area contributed by atoms with Crippen LogP contribution in [0.5, 0.6) is 11.5 Å². The van der Waals surface area contributed by atoms with Gasteiger partial charge in [-0.15, -0.1) is 0 Å². The average molecular weight is 536 g/mol. The zero-order valence-electron chi connectivity index (χ0n) is 21.8. The molecule has 9 nitrogen and oxygen atoms in total. The van der Waals surface area contributed by atoms with Crippen molar-refractivity contribution < 1.29 is 33.7 Å². The van der Waals surface area contributed by atoms with E-state index in [1.165, 1.54) is 0 Å². The van der Waals surface area contributed by atoms with E-state index in [0.717, 1.165) is 6.07 Å². The van der Waals surface area contributed by atoms with Gasteiger partial charge in [-0.05, 0) is 58.0 Å². The molecule has 39 heavy (non-hydrogen) atoms. The number of ketones is 2. The molecule has 0 bridgehead atoms. The summed E-state index contributed by atoms with van der Waals surface area (Å²) in [6.07, 6.45) is 0.232. The molecule has 6 N–H and O–H groups in total. The first-order valence-electron chi connectivity index (χ1n) is 12.6. The van der Waals surface area contributed by atoms with Crippen LogP contribution in [-0.4, -0.2) is 52.7 Å². The van der Waals surface area contributed by atoms with Crippen LogP contribution in [0, 0.1) is 23.1 Å². The van der Waals surface area contributed by atoms with Gasteiger partial charge in [0, 0.05) is 29.2 Å². The van der Waals surface area contributed by atoms with Crippen molar-refractivity contribution in [2.45, 2.75) is 32.4 Å². The number of Topliss-reactive ketones (excluding diaryl/α,β-unsaturated/α-hetero) is 2. The fourth-order valence-corrected chi connectivity index (χ4v) is 6.54. The van der Waals surface area contributed by atoms with Crippen LogP contribution in [-0.2, 0) is 22.6 Å². The molecule has 2 aromatic carbocycles. The number of carbonyl (C=O) groups is 3. The van der Waals surface area contributed by atoms with Crippen molar-refractivity contribution in [3.63, 3.8) is 0 Å². The molecule has 0 spiro atoms. The highest BCUT2D eigenvalue weighted by molar-refractivity contribution is 6.22. The second kappa shape index (κ2) is 9.32. The highest BCUT2D eigenvalue weighted by atomic mass is 19.1. The third-order valence-electron chi connectivity index (χ3n) is 8.35. The molecule has 1 amide bonds. The lowest BCUT2D eigenvalue weighted by atomic mass is 9.54. The van der Waals surface area contributed by atoms with E-state index in [1.807, 2.05) is 0 Å². The van der Waals surface area contributed by atoms with Gasteiger partial charge in [-0.2, -0.15) is 0 Å². The number of phenolic OH excluding ortho intramolecular Hbond substituents is 1. The van der Waals surface area contributed by atoms with Crippen LogP contribution < -0.4 is 16.2 Å². The van der Waals surface area contributed by atoms with Crippen LogP contribution in [0.4, 0.5) is 4.39 Å². The lowest BCUT2D eigenvalue weighted by Crippen LogP contribution is -2.59. The number of aliphatic hydroxyl groups excluding tert-OH is 1. The smallest absolute Gasteiger partial charge is 0.255 e. The van der Waals surface area contributed by atoms with E-state index in [4.69, 9.17) is 16.2 Å². The maximum absolute atomic E-state index is 15.4. The van der Waals surface area contributed by atoms with Crippen molar-refractivity contribution in [1.82, 2.24) is 4.90 Å². The van der Waals surface area contributed by atoms with Gasteiger partial charge in [0.1, 0.15) is 34.4 Å². The number of para-hydroxylation sites is 1. The molecule has 3 aliphatic carbocycles. The van der Waals surface area contributed by atoms with Crippen LogP contribution in [0.2, 0.25) is 0 Å². The van der Waals surface area contributed by atoms with Gasteiger partial charge < -0.3 is 26.4 Å². The number of ether oxygens (including phenoxy) is 1. The Kier molecular flexibility index (Phi) is 6.35. The maximum atomic E-state index is 15.4. The third-order valence-corrected chi connectivity index (χ3v) is 8.35. The van der Waals surface area contributed by atoms with Crippen molar-refractivity contribution in [1.29, 1.82) is 0 Å². The molecule has 0 unspecified atom stereocenters. The third kappa shape index (κ3) is 3.77. The molecule has 204 valence electrons. The molecular formula is C29H30FN3O6. The minimum atomic E-state index is -1.52. The molecule has 5 rings (SSSR count). The van der Waals surface area contributed by atoms with Gasteiger partial charge in [0.15, 0.2) is 11.6 Å². The Hall–Kier alpha value is -4.02. The van der Waals surface area contributed by atoms with Gasteiger partial charge in [0.2, 0.25) is 0 Å². The first-order valence-corrected chi connectivity index (χ1v) is 12.6. The number of allylic oxidation sites excluding steroid dienone is 1. The number of phenols is 1. The van der Waals surface area contributed by atoms with Crippen LogP contribution in [0.3, 0.4) is 0 Å². The zero-order valence-corrected chi connectivity index (χ0v) is 21.8. The summed E-state index contributed by atoms with van der Waals surface area (Å²) in [5.74, 6) is -4.91. The summed E-state index contributed by atoms with van der Waals surface area (Å²) in [5.41, 5.74) is 9.26. The Morgan fingerprint density at radius 2 is 1.87 bits per heavy atom. The molecule has 0 saturated carbocycles. The number of nitrogens with two attached hydrogens (primary N) is 2. The number of hydrogen-bond acceptors (Lipinski definition) is 8. The Labute approximate surface area is 224 Å². The van der Waals surface area contributed by atoms with Gasteiger partial charge >= 0.3 is 0 Å². The molecule has 0 radical (unpaired) electrons. The minimum Gasteiger partial charge on any atom is -0.510 e. The van der Waals surface area contributed by atoms with E-state index in [2.05, 4.69) is 0 Å². The largest absolute Gasteiger partial charge is 0.510 e. The molecule has 0 aromatic heterocycles. The van der Waals surface area contributed by atoms with Crippen LogP contribution in [0.15, 0.2) is 59.1 Å². The zero-order chi connectivity index (χ0) is 28.4. The van der Waals surface area contributed by atoms with Crippen LogP contribution in [0.25, 0.3) is 0 Å².